The Bertz CT molecular complexity index is 334. The van der Waals surface area contributed by atoms with Gasteiger partial charge >= 0.3 is 5.97 Å². The zero-order valence-corrected chi connectivity index (χ0v) is 12.1. The molecule has 1 aliphatic heterocycles. The molecule has 2 aliphatic rings. The van der Waals surface area contributed by atoms with Gasteiger partial charge in [-0.15, -0.1) is 0 Å². The lowest BCUT2D eigenvalue weighted by molar-refractivity contribution is -0.154. The van der Waals surface area contributed by atoms with E-state index >= 15 is 0 Å². The standard InChI is InChI=1S/C14H23NO3S/c16-12(15-9-11-4-7-19-10-11)8-14(13(17)18)5-2-1-3-6-14/h11H,1-10H2,(H,15,16)(H,17,18). The molecule has 1 amide bonds. The molecule has 1 atom stereocenters. The fourth-order valence-electron chi connectivity index (χ4n) is 3.07. The fourth-order valence-corrected chi connectivity index (χ4v) is 4.35. The molecular formula is C14H23NO3S. The largest absolute Gasteiger partial charge is 0.481 e. The molecule has 4 nitrogen and oxygen atoms in total. The number of carbonyl (C=O) groups is 2. The van der Waals surface area contributed by atoms with Gasteiger partial charge in [0, 0.05) is 13.0 Å². The minimum Gasteiger partial charge on any atom is -0.481 e. The molecule has 0 bridgehead atoms. The molecule has 19 heavy (non-hydrogen) atoms. The fraction of sp³-hybridized carbons (Fsp3) is 0.857. The van der Waals surface area contributed by atoms with E-state index in [0.29, 0.717) is 25.3 Å². The van der Waals surface area contributed by atoms with Crippen LogP contribution in [0.5, 0.6) is 0 Å². The van der Waals surface area contributed by atoms with Crippen molar-refractivity contribution in [1.82, 2.24) is 5.32 Å². The smallest absolute Gasteiger partial charge is 0.310 e. The quantitative estimate of drug-likeness (QED) is 0.813. The molecule has 5 heteroatoms. The number of carbonyl (C=O) groups excluding carboxylic acids is 1. The minimum atomic E-state index is -0.799. The second kappa shape index (κ2) is 6.64. The highest BCUT2D eigenvalue weighted by Gasteiger charge is 2.41. The van der Waals surface area contributed by atoms with E-state index in [4.69, 9.17) is 0 Å². The normalized spacial score (nSPS) is 26.0. The van der Waals surface area contributed by atoms with Crippen LogP contribution < -0.4 is 5.32 Å². The van der Waals surface area contributed by atoms with Crippen molar-refractivity contribution in [3.05, 3.63) is 0 Å². The van der Waals surface area contributed by atoms with Crippen molar-refractivity contribution in [3.8, 4) is 0 Å². The Kier molecular flexibility index (Phi) is 5.13. The Balaban J connectivity index is 1.82. The van der Waals surface area contributed by atoms with Crippen LogP contribution in [-0.4, -0.2) is 35.0 Å². The topological polar surface area (TPSA) is 66.4 Å². The SMILES string of the molecule is O=C(CC1(C(=O)O)CCCCC1)NCC1CCSC1. The molecule has 1 saturated heterocycles. The zero-order chi connectivity index (χ0) is 13.7. The van der Waals surface area contributed by atoms with Gasteiger partial charge in [0.25, 0.3) is 0 Å². The van der Waals surface area contributed by atoms with Gasteiger partial charge in [0.1, 0.15) is 0 Å². The molecule has 1 unspecified atom stereocenters. The number of carboxylic acid groups (broad SMARTS) is 1. The van der Waals surface area contributed by atoms with Crippen LogP contribution in [0.2, 0.25) is 0 Å². The second-order valence-electron chi connectivity index (χ2n) is 5.86. The minimum absolute atomic E-state index is 0.0822. The van der Waals surface area contributed by atoms with Crippen LogP contribution in [-0.2, 0) is 9.59 Å². The number of nitrogens with one attached hydrogen (secondary N) is 1. The summed E-state index contributed by atoms with van der Waals surface area (Å²) in [5.74, 6) is 1.99. The number of aliphatic carboxylic acids is 1. The van der Waals surface area contributed by atoms with Gasteiger partial charge in [0.05, 0.1) is 5.41 Å². The third-order valence-corrected chi connectivity index (χ3v) is 5.61. The first kappa shape index (κ1) is 14.7. The first-order valence-electron chi connectivity index (χ1n) is 7.20. The van der Waals surface area contributed by atoms with E-state index in [2.05, 4.69) is 5.32 Å². The molecule has 2 rings (SSSR count). The highest BCUT2D eigenvalue weighted by molar-refractivity contribution is 7.99. The number of thioether (sulfide) groups is 1. The molecule has 0 radical (unpaired) electrons. The van der Waals surface area contributed by atoms with Gasteiger partial charge in [-0.05, 0) is 36.7 Å². The monoisotopic (exact) mass is 285 g/mol. The van der Waals surface area contributed by atoms with Crippen molar-refractivity contribution in [2.24, 2.45) is 11.3 Å². The van der Waals surface area contributed by atoms with Crippen molar-refractivity contribution in [2.45, 2.75) is 44.9 Å². The lowest BCUT2D eigenvalue weighted by Crippen LogP contribution is -2.40. The molecule has 2 N–H and O–H groups in total. The van der Waals surface area contributed by atoms with Gasteiger partial charge in [0.2, 0.25) is 5.91 Å². The molecule has 1 aliphatic carbocycles. The summed E-state index contributed by atoms with van der Waals surface area (Å²) in [6.45, 7) is 0.710. The van der Waals surface area contributed by atoms with Crippen LogP contribution in [0.3, 0.4) is 0 Å². The predicted octanol–water partition coefficient (Wildman–Crippen LogP) is 2.28. The maximum atomic E-state index is 12.0. The lowest BCUT2D eigenvalue weighted by Gasteiger charge is -2.32. The first-order chi connectivity index (χ1) is 9.12. The number of amides is 1. The molecule has 0 aromatic heterocycles. The highest BCUT2D eigenvalue weighted by Crippen LogP contribution is 2.39. The summed E-state index contributed by atoms with van der Waals surface area (Å²) in [6, 6.07) is 0. The Hall–Kier alpha value is -0.710. The average Bonchev–Trinajstić information content (AvgIpc) is 2.90. The van der Waals surface area contributed by atoms with Gasteiger partial charge in [-0.3, -0.25) is 9.59 Å². The van der Waals surface area contributed by atoms with E-state index in [1.54, 1.807) is 0 Å². The molecule has 0 aromatic rings. The average molecular weight is 285 g/mol. The number of hydrogen-bond acceptors (Lipinski definition) is 3. The Morgan fingerprint density at radius 1 is 1.26 bits per heavy atom. The van der Waals surface area contributed by atoms with Crippen LogP contribution in [0, 0.1) is 11.3 Å². The van der Waals surface area contributed by atoms with E-state index in [0.717, 1.165) is 31.4 Å². The Morgan fingerprint density at radius 2 is 2.00 bits per heavy atom. The van der Waals surface area contributed by atoms with Gasteiger partial charge in [-0.1, -0.05) is 19.3 Å². The van der Waals surface area contributed by atoms with Crippen molar-refractivity contribution in [2.75, 3.05) is 18.1 Å². The second-order valence-corrected chi connectivity index (χ2v) is 7.01. The number of hydrogen-bond donors (Lipinski definition) is 2. The van der Waals surface area contributed by atoms with Crippen LogP contribution in [0.4, 0.5) is 0 Å². The summed E-state index contributed by atoms with van der Waals surface area (Å²) in [7, 11) is 0. The summed E-state index contributed by atoms with van der Waals surface area (Å²) in [6.07, 6.45) is 5.56. The predicted molar refractivity (Wildman–Crippen MR) is 76.2 cm³/mol. The van der Waals surface area contributed by atoms with E-state index < -0.39 is 11.4 Å². The van der Waals surface area contributed by atoms with Crippen molar-refractivity contribution >= 4 is 23.6 Å². The molecular weight excluding hydrogens is 262 g/mol. The lowest BCUT2D eigenvalue weighted by atomic mass is 9.71. The van der Waals surface area contributed by atoms with Crippen LogP contribution in [0.25, 0.3) is 0 Å². The Morgan fingerprint density at radius 3 is 2.58 bits per heavy atom. The van der Waals surface area contributed by atoms with Crippen molar-refractivity contribution in [1.29, 1.82) is 0 Å². The summed E-state index contributed by atoms with van der Waals surface area (Å²) in [5, 5.41) is 12.4. The van der Waals surface area contributed by atoms with Crippen molar-refractivity contribution < 1.29 is 14.7 Å². The van der Waals surface area contributed by atoms with Crippen LogP contribution in [0.1, 0.15) is 44.9 Å². The molecule has 108 valence electrons. The van der Waals surface area contributed by atoms with E-state index in [-0.39, 0.29) is 12.3 Å². The van der Waals surface area contributed by atoms with Crippen molar-refractivity contribution in [3.63, 3.8) is 0 Å². The van der Waals surface area contributed by atoms with Crippen LogP contribution in [0.15, 0.2) is 0 Å². The summed E-state index contributed by atoms with van der Waals surface area (Å²) >= 11 is 1.93. The highest BCUT2D eigenvalue weighted by atomic mass is 32.2. The molecule has 2 fully saturated rings. The van der Waals surface area contributed by atoms with Gasteiger partial charge < -0.3 is 10.4 Å². The van der Waals surface area contributed by atoms with E-state index in [1.807, 2.05) is 11.8 Å². The maximum Gasteiger partial charge on any atom is 0.310 e. The van der Waals surface area contributed by atoms with Gasteiger partial charge in [0.15, 0.2) is 0 Å². The van der Waals surface area contributed by atoms with Crippen LogP contribution >= 0.6 is 11.8 Å². The molecule has 1 heterocycles. The number of rotatable bonds is 5. The first-order valence-corrected chi connectivity index (χ1v) is 8.36. The third-order valence-electron chi connectivity index (χ3n) is 4.38. The number of carboxylic acids is 1. The maximum absolute atomic E-state index is 12.0. The third kappa shape index (κ3) is 3.88. The van der Waals surface area contributed by atoms with E-state index in [9.17, 15) is 14.7 Å². The summed E-state index contributed by atoms with van der Waals surface area (Å²) in [4.78, 5) is 23.5. The molecule has 0 aromatic carbocycles. The molecule has 1 saturated carbocycles. The summed E-state index contributed by atoms with van der Waals surface area (Å²) in [5.41, 5.74) is -0.799. The van der Waals surface area contributed by atoms with Gasteiger partial charge in [-0.25, -0.2) is 0 Å². The molecule has 0 spiro atoms. The van der Waals surface area contributed by atoms with E-state index in [1.165, 1.54) is 5.75 Å². The van der Waals surface area contributed by atoms with Gasteiger partial charge in [-0.2, -0.15) is 11.8 Å². The Labute approximate surface area is 118 Å². The zero-order valence-electron chi connectivity index (χ0n) is 11.3. The summed E-state index contributed by atoms with van der Waals surface area (Å²) < 4.78 is 0.